The first kappa shape index (κ1) is 19.7. The number of hydrogen-bond donors (Lipinski definition) is 0. The molecular weight excluding hydrogens is 336 g/mol. The first-order valence-electron chi connectivity index (χ1n) is 10.2. The third kappa shape index (κ3) is 5.21. The Bertz CT molecular complexity index is 773. The van der Waals surface area contributed by atoms with Gasteiger partial charge in [-0.3, -0.25) is 4.98 Å². The Morgan fingerprint density at radius 2 is 1.96 bits per heavy atom. The molecule has 1 aromatic heterocycles. The molecule has 4 nitrogen and oxygen atoms in total. The molecule has 146 valence electrons. The van der Waals surface area contributed by atoms with Gasteiger partial charge in [0.1, 0.15) is 5.60 Å². The van der Waals surface area contributed by atoms with E-state index in [2.05, 4.69) is 36.2 Å². The van der Waals surface area contributed by atoms with Crippen LogP contribution in [0.5, 0.6) is 0 Å². The summed E-state index contributed by atoms with van der Waals surface area (Å²) in [4.78, 5) is 18.7. The number of benzene rings is 1. The van der Waals surface area contributed by atoms with Crippen LogP contribution in [0.15, 0.2) is 36.5 Å². The fourth-order valence-corrected chi connectivity index (χ4v) is 3.93. The number of fused-ring (bicyclic) bond motifs is 1. The second-order valence-electron chi connectivity index (χ2n) is 8.71. The predicted octanol–water partition coefficient (Wildman–Crippen LogP) is 5.77. The molecule has 1 aromatic carbocycles. The van der Waals surface area contributed by atoms with E-state index in [9.17, 15) is 4.79 Å². The number of pyridine rings is 1. The van der Waals surface area contributed by atoms with Gasteiger partial charge in [-0.25, -0.2) is 4.79 Å². The average Bonchev–Trinajstić information content (AvgIpc) is 2.65. The second kappa shape index (κ2) is 8.28. The highest BCUT2D eigenvalue weighted by Crippen LogP contribution is 2.33. The van der Waals surface area contributed by atoms with Crippen LogP contribution in [0.25, 0.3) is 10.9 Å². The fraction of sp³-hybridized carbons (Fsp3) is 0.565. The molecule has 3 rings (SSSR count). The number of likely N-dealkylation sites (tertiary alicyclic amines) is 1. The third-order valence-corrected chi connectivity index (χ3v) is 5.46. The van der Waals surface area contributed by atoms with Crippen LogP contribution in [0.2, 0.25) is 0 Å². The van der Waals surface area contributed by atoms with E-state index in [1.807, 2.05) is 37.9 Å². The van der Waals surface area contributed by atoms with Gasteiger partial charge < -0.3 is 9.64 Å². The maximum absolute atomic E-state index is 12.2. The van der Waals surface area contributed by atoms with Crippen LogP contribution < -0.4 is 0 Å². The van der Waals surface area contributed by atoms with Crippen LogP contribution in [0.3, 0.4) is 0 Å². The Hall–Kier alpha value is -2.10. The van der Waals surface area contributed by atoms with E-state index in [-0.39, 0.29) is 6.09 Å². The number of carbonyl (C=O) groups excluding carboxylic acids is 1. The Labute approximate surface area is 162 Å². The van der Waals surface area contributed by atoms with E-state index in [1.165, 1.54) is 17.4 Å². The minimum atomic E-state index is -0.426. The Morgan fingerprint density at radius 1 is 1.26 bits per heavy atom. The third-order valence-electron chi connectivity index (χ3n) is 5.46. The van der Waals surface area contributed by atoms with Gasteiger partial charge in [-0.15, -0.1) is 0 Å². The summed E-state index contributed by atoms with van der Waals surface area (Å²) in [5.74, 6) is 1.18. The molecule has 1 amide bonds. The standard InChI is InChI=1S/C23H32N2O2/c1-5-18(20-15-19-8-6-7-9-21(19)24-16-20)14-17-10-12-25(13-11-17)22(26)27-23(2,3)4/h6-9,15-18H,5,10-14H2,1-4H3. The lowest BCUT2D eigenvalue weighted by atomic mass is 9.83. The molecule has 0 radical (unpaired) electrons. The number of nitrogens with zero attached hydrogens (tertiary/aromatic N) is 2. The summed E-state index contributed by atoms with van der Waals surface area (Å²) in [5, 5.41) is 1.22. The molecule has 1 fully saturated rings. The van der Waals surface area contributed by atoms with Gasteiger partial charge in [0, 0.05) is 24.7 Å². The van der Waals surface area contributed by atoms with Crippen molar-refractivity contribution >= 4 is 17.0 Å². The highest BCUT2D eigenvalue weighted by molar-refractivity contribution is 5.78. The smallest absolute Gasteiger partial charge is 0.410 e. The maximum Gasteiger partial charge on any atom is 0.410 e. The number of piperidine rings is 1. The number of hydrogen-bond acceptors (Lipinski definition) is 3. The van der Waals surface area contributed by atoms with Crippen LogP contribution in [-0.2, 0) is 4.74 Å². The van der Waals surface area contributed by atoms with Gasteiger partial charge in [0.05, 0.1) is 5.52 Å². The number of ether oxygens (including phenoxy) is 1. The quantitative estimate of drug-likeness (QED) is 0.688. The van der Waals surface area contributed by atoms with Gasteiger partial charge in [0.15, 0.2) is 0 Å². The van der Waals surface area contributed by atoms with E-state index in [0.29, 0.717) is 11.8 Å². The summed E-state index contributed by atoms with van der Waals surface area (Å²) in [5.41, 5.74) is 1.97. The second-order valence-corrected chi connectivity index (χ2v) is 8.71. The van der Waals surface area contributed by atoms with Gasteiger partial charge in [0.2, 0.25) is 0 Å². The molecule has 1 saturated heterocycles. The van der Waals surface area contributed by atoms with Crippen LogP contribution >= 0.6 is 0 Å². The maximum atomic E-state index is 12.2. The van der Waals surface area contributed by atoms with Crippen LogP contribution in [-0.4, -0.2) is 34.7 Å². The molecule has 1 aliphatic heterocycles. The zero-order chi connectivity index (χ0) is 19.4. The van der Waals surface area contributed by atoms with E-state index >= 15 is 0 Å². The summed E-state index contributed by atoms with van der Waals surface area (Å²) >= 11 is 0. The molecule has 2 heterocycles. The van der Waals surface area contributed by atoms with Crippen molar-refractivity contribution < 1.29 is 9.53 Å². The van der Waals surface area contributed by atoms with Crippen molar-refractivity contribution in [3.05, 3.63) is 42.1 Å². The molecule has 1 unspecified atom stereocenters. The highest BCUT2D eigenvalue weighted by atomic mass is 16.6. The average molecular weight is 369 g/mol. The van der Waals surface area contributed by atoms with Gasteiger partial charge >= 0.3 is 6.09 Å². The topological polar surface area (TPSA) is 42.4 Å². The predicted molar refractivity (Wildman–Crippen MR) is 110 cm³/mol. The van der Waals surface area contributed by atoms with Crippen molar-refractivity contribution in [3.8, 4) is 0 Å². The summed E-state index contributed by atoms with van der Waals surface area (Å²) in [7, 11) is 0. The zero-order valence-electron chi connectivity index (χ0n) is 17.1. The molecule has 2 aromatic rings. The zero-order valence-corrected chi connectivity index (χ0v) is 17.1. The monoisotopic (exact) mass is 368 g/mol. The molecule has 0 spiro atoms. The lowest BCUT2D eigenvalue weighted by Gasteiger charge is -2.34. The number of amides is 1. The molecule has 0 aliphatic carbocycles. The lowest BCUT2D eigenvalue weighted by Crippen LogP contribution is -2.41. The normalized spacial score (nSPS) is 17.1. The van der Waals surface area contributed by atoms with E-state index in [4.69, 9.17) is 4.74 Å². The van der Waals surface area contributed by atoms with E-state index < -0.39 is 5.60 Å². The van der Waals surface area contributed by atoms with Gasteiger partial charge in [-0.05, 0) is 76.0 Å². The van der Waals surface area contributed by atoms with Crippen molar-refractivity contribution in [1.29, 1.82) is 0 Å². The number of aromatic nitrogens is 1. The summed E-state index contributed by atoms with van der Waals surface area (Å²) in [6, 6.07) is 10.6. The van der Waals surface area contributed by atoms with E-state index in [0.717, 1.165) is 37.9 Å². The minimum absolute atomic E-state index is 0.174. The van der Waals surface area contributed by atoms with Crippen molar-refractivity contribution in [3.63, 3.8) is 0 Å². The van der Waals surface area contributed by atoms with Crippen molar-refractivity contribution in [2.45, 2.75) is 64.9 Å². The van der Waals surface area contributed by atoms with E-state index in [1.54, 1.807) is 0 Å². The highest BCUT2D eigenvalue weighted by Gasteiger charge is 2.28. The number of rotatable bonds is 4. The molecular formula is C23H32N2O2. The number of para-hydroxylation sites is 1. The Kier molecular flexibility index (Phi) is 6.03. The van der Waals surface area contributed by atoms with Gasteiger partial charge in [0.25, 0.3) is 0 Å². The summed E-state index contributed by atoms with van der Waals surface area (Å²) < 4.78 is 5.50. The van der Waals surface area contributed by atoms with Crippen LogP contribution in [0.1, 0.15) is 64.9 Å². The molecule has 4 heteroatoms. The Morgan fingerprint density at radius 3 is 2.63 bits per heavy atom. The molecule has 1 atom stereocenters. The molecule has 0 bridgehead atoms. The molecule has 1 aliphatic rings. The molecule has 0 saturated carbocycles. The lowest BCUT2D eigenvalue weighted by molar-refractivity contribution is 0.0178. The SMILES string of the molecule is CCC(CC1CCN(C(=O)OC(C)(C)C)CC1)c1cnc2ccccc2c1. The van der Waals surface area contributed by atoms with Crippen molar-refractivity contribution in [1.82, 2.24) is 9.88 Å². The first-order chi connectivity index (χ1) is 12.9. The largest absolute Gasteiger partial charge is 0.444 e. The molecule has 0 N–H and O–H groups in total. The van der Waals surface area contributed by atoms with Crippen molar-refractivity contribution in [2.24, 2.45) is 5.92 Å². The van der Waals surface area contributed by atoms with Crippen molar-refractivity contribution in [2.75, 3.05) is 13.1 Å². The van der Waals surface area contributed by atoms with Crippen LogP contribution in [0, 0.1) is 5.92 Å². The molecule has 27 heavy (non-hydrogen) atoms. The Balaban J connectivity index is 1.58. The van der Waals surface area contributed by atoms with Gasteiger partial charge in [-0.2, -0.15) is 0 Å². The fourth-order valence-electron chi connectivity index (χ4n) is 3.93. The van der Waals surface area contributed by atoms with Crippen LogP contribution in [0.4, 0.5) is 4.79 Å². The summed E-state index contributed by atoms with van der Waals surface area (Å²) in [6.45, 7) is 9.61. The first-order valence-corrected chi connectivity index (χ1v) is 10.2. The number of carbonyl (C=O) groups is 1. The van der Waals surface area contributed by atoms with Gasteiger partial charge in [-0.1, -0.05) is 25.1 Å². The summed E-state index contributed by atoms with van der Waals surface area (Å²) in [6.07, 6.45) is 6.26. The minimum Gasteiger partial charge on any atom is -0.444 e.